The summed E-state index contributed by atoms with van der Waals surface area (Å²) in [5.41, 5.74) is 3.13. The minimum absolute atomic E-state index is 0.746. The Balaban J connectivity index is 1.68. The van der Waals surface area contributed by atoms with Crippen molar-refractivity contribution in [3.8, 4) is 5.69 Å². The molecule has 2 heterocycles. The van der Waals surface area contributed by atoms with E-state index < -0.39 is 0 Å². The molecule has 0 radical (unpaired) electrons. The molecule has 0 unspecified atom stereocenters. The van der Waals surface area contributed by atoms with Crippen LogP contribution >= 0.6 is 0 Å². The lowest BCUT2D eigenvalue weighted by molar-refractivity contribution is 0.752. The number of anilines is 1. The molecule has 0 bridgehead atoms. The Morgan fingerprint density at radius 1 is 1.11 bits per heavy atom. The summed E-state index contributed by atoms with van der Waals surface area (Å²) in [6.07, 6.45) is 6.97. The number of nitrogens with zero attached hydrogens (tertiary/aromatic N) is 5. The zero-order chi connectivity index (χ0) is 13.1. The smallest absolute Gasteiger partial charge is 0.0946 e. The SMILES string of the molecule is Cn1cncc1CNc1ccc(-n2nccn2)cc1. The van der Waals surface area contributed by atoms with Gasteiger partial charge >= 0.3 is 0 Å². The second-order valence-corrected chi connectivity index (χ2v) is 4.21. The first kappa shape index (κ1) is 11.5. The highest BCUT2D eigenvalue weighted by Crippen LogP contribution is 2.12. The number of aryl methyl sites for hydroxylation is 1. The van der Waals surface area contributed by atoms with Gasteiger partial charge in [-0.2, -0.15) is 15.0 Å². The predicted molar refractivity (Wildman–Crippen MR) is 71.9 cm³/mol. The van der Waals surface area contributed by atoms with Crippen molar-refractivity contribution in [1.29, 1.82) is 0 Å². The van der Waals surface area contributed by atoms with Gasteiger partial charge < -0.3 is 9.88 Å². The number of nitrogens with one attached hydrogen (secondary N) is 1. The standard InChI is InChI=1S/C13H14N6/c1-18-10-14-8-13(18)9-15-11-2-4-12(5-3-11)19-16-6-7-17-19/h2-8,10,15H,9H2,1H3. The maximum atomic E-state index is 4.09. The summed E-state index contributed by atoms with van der Waals surface area (Å²) in [4.78, 5) is 5.67. The van der Waals surface area contributed by atoms with E-state index in [0.717, 1.165) is 23.6 Å². The quantitative estimate of drug-likeness (QED) is 0.768. The Labute approximate surface area is 110 Å². The average Bonchev–Trinajstić information content (AvgIpc) is 3.09. The van der Waals surface area contributed by atoms with Crippen LogP contribution in [-0.2, 0) is 13.6 Å². The molecule has 0 amide bonds. The molecular formula is C13H14N6. The lowest BCUT2D eigenvalue weighted by Gasteiger charge is -2.07. The number of rotatable bonds is 4. The molecule has 96 valence electrons. The van der Waals surface area contributed by atoms with Gasteiger partial charge in [0.2, 0.25) is 0 Å². The summed E-state index contributed by atoms with van der Waals surface area (Å²) in [6, 6.07) is 7.97. The fraction of sp³-hybridized carbons (Fsp3) is 0.154. The molecule has 0 aliphatic rings. The molecule has 0 spiro atoms. The van der Waals surface area contributed by atoms with Crippen LogP contribution in [0.3, 0.4) is 0 Å². The van der Waals surface area contributed by atoms with E-state index in [1.54, 1.807) is 23.5 Å². The molecule has 0 fully saturated rings. The van der Waals surface area contributed by atoms with Crippen LogP contribution in [-0.4, -0.2) is 24.5 Å². The van der Waals surface area contributed by atoms with Crippen molar-refractivity contribution < 1.29 is 0 Å². The van der Waals surface area contributed by atoms with E-state index in [1.807, 2.05) is 42.1 Å². The van der Waals surface area contributed by atoms with E-state index in [2.05, 4.69) is 20.5 Å². The number of imidazole rings is 1. The first-order chi connectivity index (χ1) is 9.33. The van der Waals surface area contributed by atoms with Gasteiger partial charge in [-0.05, 0) is 24.3 Å². The van der Waals surface area contributed by atoms with E-state index in [0.29, 0.717) is 0 Å². The summed E-state index contributed by atoms with van der Waals surface area (Å²) in [5, 5.41) is 11.5. The summed E-state index contributed by atoms with van der Waals surface area (Å²) in [7, 11) is 1.98. The Kier molecular flexibility index (Phi) is 2.97. The molecule has 6 heteroatoms. The molecule has 6 nitrogen and oxygen atoms in total. The van der Waals surface area contributed by atoms with Gasteiger partial charge in [0, 0.05) is 18.9 Å². The first-order valence-electron chi connectivity index (χ1n) is 5.99. The molecule has 3 rings (SSSR count). The Bertz CT molecular complexity index is 638. The van der Waals surface area contributed by atoms with E-state index in [-0.39, 0.29) is 0 Å². The normalized spacial score (nSPS) is 10.6. The van der Waals surface area contributed by atoms with Gasteiger partial charge in [-0.15, -0.1) is 0 Å². The molecule has 3 aromatic rings. The van der Waals surface area contributed by atoms with E-state index in [9.17, 15) is 0 Å². The van der Waals surface area contributed by atoms with Crippen LogP contribution < -0.4 is 5.32 Å². The van der Waals surface area contributed by atoms with Crippen LogP contribution in [0, 0.1) is 0 Å². The molecule has 2 aromatic heterocycles. The fourth-order valence-electron chi connectivity index (χ4n) is 1.81. The van der Waals surface area contributed by atoms with E-state index >= 15 is 0 Å². The summed E-state index contributed by atoms with van der Waals surface area (Å²) < 4.78 is 2.00. The van der Waals surface area contributed by atoms with E-state index in [1.165, 1.54) is 0 Å². The Hall–Kier alpha value is -2.63. The van der Waals surface area contributed by atoms with Crippen LogP contribution in [0.15, 0.2) is 49.2 Å². The summed E-state index contributed by atoms with van der Waals surface area (Å²) in [5.74, 6) is 0. The van der Waals surface area contributed by atoms with Gasteiger partial charge in [0.15, 0.2) is 0 Å². The molecule has 1 N–H and O–H groups in total. The second kappa shape index (κ2) is 4.93. The minimum atomic E-state index is 0.746. The van der Waals surface area contributed by atoms with Crippen molar-refractivity contribution in [3.05, 3.63) is 54.9 Å². The first-order valence-corrected chi connectivity index (χ1v) is 5.99. The number of hydrogen-bond acceptors (Lipinski definition) is 4. The second-order valence-electron chi connectivity index (χ2n) is 4.21. The number of hydrogen-bond donors (Lipinski definition) is 1. The van der Waals surface area contributed by atoms with Crippen molar-refractivity contribution in [1.82, 2.24) is 24.5 Å². The molecule has 0 atom stereocenters. The van der Waals surface area contributed by atoms with Crippen molar-refractivity contribution in [2.45, 2.75) is 6.54 Å². The van der Waals surface area contributed by atoms with Gasteiger partial charge in [0.1, 0.15) is 0 Å². The monoisotopic (exact) mass is 254 g/mol. The highest BCUT2D eigenvalue weighted by atomic mass is 15.5. The third-order valence-electron chi connectivity index (χ3n) is 2.91. The van der Waals surface area contributed by atoms with Crippen LogP contribution in [0.5, 0.6) is 0 Å². The van der Waals surface area contributed by atoms with Gasteiger partial charge in [-0.25, -0.2) is 4.98 Å². The molecule has 0 aliphatic carbocycles. The van der Waals surface area contributed by atoms with Crippen LogP contribution in [0.25, 0.3) is 5.69 Å². The van der Waals surface area contributed by atoms with Crippen LogP contribution in [0.2, 0.25) is 0 Å². The molecular weight excluding hydrogens is 240 g/mol. The highest BCUT2D eigenvalue weighted by molar-refractivity contribution is 5.48. The molecule has 19 heavy (non-hydrogen) atoms. The molecule has 1 aromatic carbocycles. The molecule has 0 saturated carbocycles. The lowest BCUT2D eigenvalue weighted by atomic mass is 10.3. The maximum absolute atomic E-state index is 4.09. The predicted octanol–water partition coefficient (Wildman–Crippen LogP) is 1.61. The fourth-order valence-corrected chi connectivity index (χ4v) is 1.81. The van der Waals surface area contributed by atoms with Gasteiger partial charge in [0.05, 0.1) is 36.6 Å². The average molecular weight is 254 g/mol. The Morgan fingerprint density at radius 2 is 1.84 bits per heavy atom. The topological polar surface area (TPSA) is 60.6 Å². The van der Waals surface area contributed by atoms with Gasteiger partial charge in [-0.1, -0.05) is 0 Å². The maximum Gasteiger partial charge on any atom is 0.0946 e. The van der Waals surface area contributed by atoms with Gasteiger partial charge in [0.25, 0.3) is 0 Å². The van der Waals surface area contributed by atoms with E-state index in [4.69, 9.17) is 0 Å². The third-order valence-corrected chi connectivity index (χ3v) is 2.91. The summed E-state index contributed by atoms with van der Waals surface area (Å²) >= 11 is 0. The summed E-state index contributed by atoms with van der Waals surface area (Å²) in [6.45, 7) is 0.746. The van der Waals surface area contributed by atoms with Crippen molar-refractivity contribution in [2.24, 2.45) is 7.05 Å². The third kappa shape index (κ3) is 2.47. The highest BCUT2D eigenvalue weighted by Gasteiger charge is 2.00. The molecule has 0 saturated heterocycles. The number of benzene rings is 1. The van der Waals surface area contributed by atoms with Crippen molar-refractivity contribution in [2.75, 3.05) is 5.32 Å². The number of aromatic nitrogens is 5. The Morgan fingerprint density at radius 3 is 2.47 bits per heavy atom. The zero-order valence-electron chi connectivity index (χ0n) is 10.6. The van der Waals surface area contributed by atoms with Gasteiger partial charge in [-0.3, -0.25) is 0 Å². The van der Waals surface area contributed by atoms with Crippen molar-refractivity contribution in [3.63, 3.8) is 0 Å². The largest absolute Gasteiger partial charge is 0.379 e. The lowest BCUT2D eigenvalue weighted by Crippen LogP contribution is -2.04. The zero-order valence-corrected chi connectivity index (χ0v) is 10.6. The van der Waals surface area contributed by atoms with Crippen LogP contribution in [0.1, 0.15) is 5.69 Å². The minimum Gasteiger partial charge on any atom is -0.379 e. The van der Waals surface area contributed by atoms with Crippen LogP contribution in [0.4, 0.5) is 5.69 Å². The van der Waals surface area contributed by atoms with Crippen molar-refractivity contribution >= 4 is 5.69 Å². The molecule has 0 aliphatic heterocycles.